The molecular formula is C17H17ClF2N2O3S. The summed E-state index contributed by atoms with van der Waals surface area (Å²) < 4.78 is 54.2. The van der Waals surface area contributed by atoms with Gasteiger partial charge in [-0.05, 0) is 49.7 Å². The van der Waals surface area contributed by atoms with Gasteiger partial charge in [0.25, 0.3) is 5.91 Å². The Kier molecular flexibility index (Phi) is 6.33. The van der Waals surface area contributed by atoms with Crippen LogP contribution in [0.15, 0.2) is 41.3 Å². The minimum atomic E-state index is -3.90. The first-order valence-corrected chi connectivity index (χ1v) is 9.58. The zero-order valence-electron chi connectivity index (χ0n) is 14.0. The number of rotatable bonds is 6. The number of nitrogens with one attached hydrogen (secondary N) is 2. The number of amides is 1. The van der Waals surface area contributed by atoms with Gasteiger partial charge >= 0.3 is 0 Å². The van der Waals surface area contributed by atoms with E-state index in [1.165, 1.54) is 6.07 Å². The van der Waals surface area contributed by atoms with Gasteiger partial charge in [0, 0.05) is 11.7 Å². The topological polar surface area (TPSA) is 75.3 Å². The molecule has 2 rings (SSSR count). The summed E-state index contributed by atoms with van der Waals surface area (Å²) in [6, 6.07) is 6.07. The van der Waals surface area contributed by atoms with Crippen LogP contribution in [0.5, 0.6) is 0 Å². The van der Waals surface area contributed by atoms with Gasteiger partial charge < -0.3 is 5.32 Å². The lowest BCUT2D eigenvalue weighted by Crippen LogP contribution is -2.32. The van der Waals surface area contributed by atoms with Crippen LogP contribution in [-0.4, -0.2) is 20.4 Å². The van der Waals surface area contributed by atoms with E-state index >= 15 is 0 Å². The molecule has 0 radical (unpaired) electrons. The molecule has 9 heteroatoms. The molecule has 1 amide bonds. The molecule has 2 N–H and O–H groups in total. The number of carbonyl (C=O) groups is 1. The quantitative estimate of drug-likeness (QED) is 0.768. The maximum absolute atomic E-state index is 14.0. The average Bonchev–Trinajstić information content (AvgIpc) is 2.57. The van der Waals surface area contributed by atoms with Gasteiger partial charge in [-0.15, -0.1) is 0 Å². The third-order valence-corrected chi connectivity index (χ3v) is 5.52. The number of halogens is 3. The van der Waals surface area contributed by atoms with E-state index in [0.29, 0.717) is 6.42 Å². The van der Waals surface area contributed by atoms with Crippen molar-refractivity contribution in [3.05, 3.63) is 58.6 Å². The van der Waals surface area contributed by atoms with Crippen LogP contribution in [0.3, 0.4) is 0 Å². The Morgan fingerprint density at radius 1 is 1.15 bits per heavy atom. The van der Waals surface area contributed by atoms with Crippen molar-refractivity contribution in [3.63, 3.8) is 0 Å². The maximum Gasteiger partial charge on any atom is 0.258 e. The Bertz CT molecular complexity index is 936. The highest BCUT2D eigenvalue weighted by atomic mass is 35.5. The van der Waals surface area contributed by atoms with Crippen LogP contribution in [0.4, 0.5) is 14.5 Å². The van der Waals surface area contributed by atoms with Gasteiger partial charge in [0.1, 0.15) is 11.6 Å². The van der Waals surface area contributed by atoms with Crippen LogP contribution in [-0.2, 0) is 10.0 Å². The molecular weight excluding hydrogens is 386 g/mol. The van der Waals surface area contributed by atoms with Crippen molar-refractivity contribution in [2.45, 2.75) is 31.2 Å². The standard InChI is InChI=1S/C17H17ClF2N2O3S/c1-3-10(2)22-26(24,25)12-5-7-15(19)13(9-12)17(23)21-11-4-6-16(20)14(18)8-11/h4-10,22H,3H2,1-2H3,(H,21,23)/t10-/m1/s1. The van der Waals surface area contributed by atoms with Gasteiger partial charge in [0.2, 0.25) is 10.0 Å². The maximum atomic E-state index is 14.0. The van der Waals surface area contributed by atoms with Crippen LogP contribution < -0.4 is 10.0 Å². The molecule has 0 fully saturated rings. The fourth-order valence-electron chi connectivity index (χ4n) is 2.03. The SMILES string of the molecule is CC[C@@H](C)NS(=O)(=O)c1ccc(F)c(C(=O)Nc2ccc(F)c(Cl)c2)c1. The average molecular weight is 403 g/mol. The molecule has 0 aliphatic rings. The second kappa shape index (κ2) is 8.11. The highest BCUT2D eigenvalue weighted by Crippen LogP contribution is 2.21. The zero-order valence-corrected chi connectivity index (χ0v) is 15.6. The first kappa shape index (κ1) is 20.3. The molecule has 5 nitrogen and oxygen atoms in total. The van der Waals surface area contributed by atoms with Gasteiger partial charge in [0.15, 0.2) is 0 Å². The first-order chi connectivity index (χ1) is 12.1. The number of hydrogen-bond donors (Lipinski definition) is 2. The molecule has 0 bridgehead atoms. The van der Waals surface area contributed by atoms with E-state index in [-0.39, 0.29) is 21.6 Å². The van der Waals surface area contributed by atoms with Crippen molar-refractivity contribution in [2.75, 3.05) is 5.32 Å². The van der Waals surface area contributed by atoms with E-state index in [4.69, 9.17) is 11.6 Å². The van der Waals surface area contributed by atoms with Gasteiger partial charge in [-0.2, -0.15) is 0 Å². The van der Waals surface area contributed by atoms with Gasteiger partial charge in [-0.25, -0.2) is 21.9 Å². The molecule has 0 spiro atoms. The van der Waals surface area contributed by atoms with Crippen molar-refractivity contribution in [2.24, 2.45) is 0 Å². The second-order valence-corrected chi connectivity index (χ2v) is 7.78. The fraction of sp³-hybridized carbons (Fsp3) is 0.235. The summed E-state index contributed by atoms with van der Waals surface area (Å²) in [5, 5.41) is 2.14. The third kappa shape index (κ3) is 4.78. The van der Waals surface area contributed by atoms with Crippen LogP contribution in [0.1, 0.15) is 30.6 Å². The molecule has 0 unspecified atom stereocenters. The summed E-state index contributed by atoms with van der Waals surface area (Å²) in [7, 11) is -3.90. The highest BCUT2D eigenvalue weighted by Gasteiger charge is 2.21. The Hall–Kier alpha value is -2.03. The minimum absolute atomic E-state index is 0.145. The molecule has 0 heterocycles. The molecule has 140 valence electrons. The fourth-order valence-corrected chi connectivity index (χ4v) is 3.57. The number of anilines is 1. The smallest absolute Gasteiger partial charge is 0.258 e. The Balaban J connectivity index is 2.31. The lowest BCUT2D eigenvalue weighted by Gasteiger charge is -2.13. The Morgan fingerprint density at radius 2 is 1.81 bits per heavy atom. The third-order valence-electron chi connectivity index (χ3n) is 3.64. The first-order valence-electron chi connectivity index (χ1n) is 7.72. The molecule has 0 saturated heterocycles. The predicted molar refractivity (Wildman–Crippen MR) is 95.8 cm³/mol. The van der Waals surface area contributed by atoms with E-state index in [1.54, 1.807) is 6.92 Å². The number of hydrogen-bond acceptors (Lipinski definition) is 3. The highest BCUT2D eigenvalue weighted by molar-refractivity contribution is 7.89. The normalized spacial score (nSPS) is 12.7. The van der Waals surface area contributed by atoms with Gasteiger partial charge in [0.05, 0.1) is 15.5 Å². The van der Waals surface area contributed by atoms with Crippen molar-refractivity contribution in [1.82, 2.24) is 4.72 Å². The largest absolute Gasteiger partial charge is 0.322 e. The molecule has 1 atom stereocenters. The molecule has 0 aliphatic heterocycles. The van der Waals surface area contributed by atoms with E-state index in [9.17, 15) is 22.0 Å². The summed E-state index contributed by atoms with van der Waals surface area (Å²) in [4.78, 5) is 12.1. The lowest BCUT2D eigenvalue weighted by atomic mass is 10.2. The van der Waals surface area contributed by atoms with Crippen molar-refractivity contribution in [3.8, 4) is 0 Å². The summed E-state index contributed by atoms with van der Waals surface area (Å²) in [6.45, 7) is 3.50. The van der Waals surface area contributed by atoms with Crippen molar-refractivity contribution < 1.29 is 22.0 Å². The minimum Gasteiger partial charge on any atom is -0.322 e. The molecule has 26 heavy (non-hydrogen) atoms. The zero-order chi connectivity index (χ0) is 19.5. The molecule has 0 aromatic heterocycles. The van der Waals surface area contributed by atoms with Gasteiger partial charge in [-0.3, -0.25) is 4.79 Å². The van der Waals surface area contributed by atoms with Crippen molar-refractivity contribution in [1.29, 1.82) is 0 Å². The summed E-state index contributed by atoms with van der Waals surface area (Å²) in [6.07, 6.45) is 0.569. The Morgan fingerprint density at radius 3 is 2.42 bits per heavy atom. The molecule has 2 aromatic carbocycles. The van der Waals surface area contributed by atoms with Crippen LogP contribution in [0, 0.1) is 11.6 Å². The summed E-state index contributed by atoms with van der Waals surface area (Å²) >= 11 is 5.63. The molecule has 2 aromatic rings. The lowest BCUT2D eigenvalue weighted by molar-refractivity contribution is 0.102. The summed E-state index contributed by atoms with van der Waals surface area (Å²) in [5.74, 6) is -2.44. The van der Waals surface area contributed by atoms with Crippen LogP contribution in [0.25, 0.3) is 0 Å². The van der Waals surface area contributed by atoms with Crippen LogP contribution in [0.2, 0.25) is 5.02 Å². The van der Waals surface area contributed by atoms with E-state index in [2.05, 4.69) is 10.0 Å². The second-order valence-electron chi connectivity index (χ2n) is 5.66. The number of sulfonamides is 1. The Labute approximate surface area is 155 Å². The number of carbonyl (C=O) groups excluding carboxylic acids is 1. The summed E-state index contributed by atoms with van der Waals surface area (Å²) in [5.41, 5.74) is -0.315. The van der Waals surface area contributed by atoms with Crippen molar-refractivity contribution >= 4 is 33.2 Å². The predicted octanol–water partition coefficient (Wildman–Crippen LogP) is 3.95. The van der Waals surface area contributed by atoms with E-state index in [0.717, 1.165) is 30.3 Å². The molecule has 0 saturated carbocycles. The van der Waals surface area contributed by atoms with E-state index in [1.807, 2.05) is 6.92 Å². The monoisotopic (exact) mass is 402 g/mol. The van der Waals surface area contributed by atoms with Gasteiger partial charge in [-0.1, -0.05) is 18.5 Å². The van der Waals surface area contributed by atoms with E-state index < -0.39 is 33.1 Å². The van der Waals surface area contributed by atoms with Crippen LogP contribution >= 0.6 is 11.6 Å². The molecule has 0 aliphatic carbocycles. The number of benzene rings is 2.